The maximum absolute atomic E-state index is 13.0. The number of hydrogen-bond donors (Lipinski definition) is 1. The van der Waals surface area contributed by atoms with Gasteiger partial charge in [0.15, 0.2) is 0 Å². The molecule has 1 aliphatic heterocycles. The van der Waals surface area contributed by atoms with E-state index in [4.69, 9.17) is 11.6 Å². The van der Waals surface area contributed by atoms with E-state index in [2.05, 4.69) is 71.8 Å². The first kappa shape index (κ1) is 33.9. The molecule has 2 aromatic rings. The first-order valence-corrected chi connectivity index (χ1v) is 16.2. The van der Waals surface area contributed by atoms with Crippen LogP contribution in [0, 0.1) is 11.8 Å². The maximum atomic E-state index is 13.0. The fourth-order valence-electron chi connectivity index (χ4n) is 6.41. The summed E-state index contributed by atoms with van der Waals surface area (Å²) in [4.78, 5) is 20.3. The normalized spacial score (nSPS) is 21.2. The van der Waals surface area contributed by atoms with Crippen LogP contribution < -0.4 is 5.32 Å². The minimum atomic E-state index is 0.0825. The van der Waals surface area contributed by atoms with Crippen LogP contribution in [0.2, 0.25) is 5.02 Å². The molecule has 42 heavy (non-hydrogen) atoms. The number of urea groups is 1. The molecule has 6 heteroatoms. The highest BCUT2D eigenvalue weighted by Gasteiger charge is 2.35. The van der Waals surface area contributed by atoms with E-state index < -0.39 is 0 Å². The number of piperidine rings is 1. The lowest BCUT2D eigenvalue weighted by molar-refractivity contribution is 0.106. The molecule has 1 saturated heterocycles. The Morgan fingerprint density at radius 3 is 2.40 bits per heavy atom. The summed E-state index contributed by atoms with van der Waals surface area (Å²) >= 11 is 6.20. The molecule has 3 atom stereocenters. The Hall–Kier alpha value is -2.60. The van der Waals surface area contributed by atoms with Gasteiger partial charge >= 0.3 is 6.03 Å². The first-order chi connectivity index (χ1) is 20.3. The molecule has 0 spiro atoms. The van der Waals surface area contributed by atoms with Crippen LogP contribution in [0.4, 0.5) is 4.79 Å². The number of benzene rings is 2. The van der Waals surface area contributed by atoms with Gasteiger partial charge in [0.1, 0.15) is 0 Å². The number of rotatable bonds is 11. The van der Waals surface area contributed by atoms with Crippen molar-refractivity contribution in [2.45, 2.75) is 78.0 Å². The zero-order valence-electron chi connectivity index (χ0n) is 26.4. The van der Waals surface area contributed by atoms with E-state index >= 15 is 0 Å². The molecule has 0 radical (unpaired) electrons. The Balaban J connectivity index is 0.000000892. The summed E-state index contributed by atoms with van der Waals surface area (Å²) in [5.74, 6) is 1.48. The molecular formula is C36H53ClN4O. The van der Waals surface area contributed by atoms with Crippen molar-refractivity contribution >= 4 is 17.6 Å². The van der Waals surface area contributed by atoms with E-state index in [1.807, 2.05) is 49.4 Å². The van der Waals surface area contributed by atoms with E-state index in [9.17, 15) is 4.79 Å². The number of carbonyl (C=O) groups is 1. The van der Waals surface area contributed by atoms with Gasteiger partial charge in [0, 0.05) is 56.4 Å². The maximum Gasteiger partial charge on any atom is 0.317 e. The number of nitrogens with one attached hydrogen (secondary N) is 1. The fraction of sp³-hybridized carbons (Fsp3) is 0.528. The molecule has 2 aromatic carbocycles. The Morgan fingerprint density at radius 2 is 1.79 bits per heavy atom. The fourth-order valence-corrected chi connectivity index (χ4v) is 6.63. The molecule has 2 fully saturated rings. The molecule has 2 aliphatic rings. The Morgan fingerprint density at radius 1 is 1.07 bits per heavy atom. The molecule has 5 nitrogen and oxygen atoms in total. The van der Waals surface area contributed by atoms with Crippen molar-refractivity contribution in [1.82, 2.24) is 20.0 Å². The van der Waals surface area contributed by atoms with Gasteiger partial charge in [0.25, 0.3) is 0 Å². The lowest BCUT2D eigenvalue weighted by Gasteiger charge is -2.39. The molecule has 0 bridgehead atoms. The summed E-state index contributed by atoms with van der Waals surface area (Å²) in [6.45, 7) is 15.7. The molecule has 3 unspecified atom stereocenters. The van der Waals surface area contributed by atoms with E-state index in [1.165, 1.54) is 24.9 Å². The second kappa shape index (κ2) is 18.1. The summed E-state index contributed by atoms with van der Waals surface area (Å²) in [5.41, 5.74) is 2.43. The van der Waals surface area contributed by atoms with Gasteiger partial charge in [-0.15, -0.1) is 0 Å². The minimum absolute atomic E-state index is 0.0825. The molecule has 2 amide bonds. The number of nitrogens with zero attached hydrogens (tertiary/aromatic N) is 3. The number of allylic oxidation sites excluding steroid dienone is 3. The smallest absolute Gasteiger partial charge is 0.317 e. The summed E-state index contributed by atoms with van der Waals surface area (Å²) in [7, 11) is 2.26. The quantitative estimate of drug-likeness (QED) is 0.269. The number of hydrogen-bond acceptors (Lipinski definition) is 3. The van der Waals surface area contributed by atoms with Crippen LogP contribution in [0.3, 0.4) is 0 Å². The van der Waals surface area contributed by atoms with Gasteiger partial charge < -0.3 is 15.1 Å². The van der Waals surface area contributed by atoms with E-state index in [0.717, 1.165) is 67.9 Å². The van der Waals surface area contributed by atoms with Gasteiger partial charge in [-0.05, 0) is 81.2 Å². The standard InChI is InChI=1S/C31H45ClN4O.C5H8/c1-4-15-36(31(37)33-21-25-9-6-5-7-10-25)29-13-16-35(17-14-29)23-27-20-30(18-24(27)2)34(3)22-26-11-8-12-28(32)19-26;1-3-5-4-2/h5-12,19,24,27,29-30H,4,13-18,20-23H2,1-3H3,(H,33,37);3-5H,1H2,2H3/b;5-4-. The summed E-state index contributed by atoms with van der Waals surface area (Å²) in [6.07, 6.45) is 11.2. The number of likely N-dealkylation sites (tertiary alicyclic amines) is 1. The van der Waals surface area contributed by atoms with Crippen molar-refractivity contribution < 1.29 is 4.79 Å². The van der Waals surface area contributed by atoms with Crippen LogP contribution in [0.15, 0.2) is 79.4 Å². The number of halogens is 1. The highest BCUT2D eigenvalue weighted by atomic mass is 35.5. The van der Waals surface area contributed by atoms with Gasteiger partial charge in [0.2, 0.25) is 0 Å². The largest absolute Gasteiger partial charge is 0.334 e. The predicted molar refractivity (Wildman–Crippen MR) is 179 cm³/mol. The third kappa shape index (κ3) is 10.9. The van der Waals surface area contributed by atoms with Gasteiger partial charge in [-0.3, -0.25) is 4.90 Å². The molecular weight excluding hydrogens is 540 g/mol. The molecule has 4 rings (SSSR count). The van der Waals surface area contributed by atoms with Crippen molar-refractivity contribution in [3.63, 3.8) is 0 Å². The van der Waals surface area contributed by atoms with Crippen LogP contribution >= 0.6 is 11.6 Å². The molecule has 1 heterocycles. The zero-order chi connectivity index (χ0) is 30.3. The third-order valence-corrected chi connectivity index (χ3v) is 9.03. The molecule has 1 N–H and O–H groups in total. The highest BCUT2D eigenvalue weighted by Crippen LogP contribution is 2.36. The van der Waals surface area contributed by atoms with Crippen LogP contribution in [0.5, 0.6) is 0 Å². The van der Waals surface area contributed by atoms with Crippen molar-refractivity contribution in [3.8, 4) is 0 Å². The second-order valence-corrected chi connectivity index (χ2v) is 12.5. The minimum Gasteiger partial charge on any atom is -0.334 e. The average molecular weight is 593 g/mol. The van der Waals surface area contributed by atoms with Crippen LogP contribution in [0.25, 0.3) is 0 Å². The number of amides is 2. The lowest BCUT2D eigenvalue weighted by atomic mass is 9.95. The van der Waals surface area contributed by atoms with Gasteiger partial charge in [-0.2, -0.15) is 0 Å². The topological polar surface area (TPSA) is 38.8 Å². The molecule has 1 saturated carbocycles. The predicted octanol–water partition coefficient (Wildman–Crippen LogP) is 8.02. The van der Waals surface area contributed by atoms with E-state index in [0.29, 0.717) is 18.6 Å². The SMILES string of the molecule is C=C/C=C\C.CCCN(C(=O)NCc1ccccc1)C1CCN(CC2CC(N(C)Cc3cccc(Cl)c3)CC2C)CC1. The van der Waals surface area contributed by atoms with Gasteiger partial charge in [0.05, 0.1) is 0 Å². The zero-order valence-corrected chi connectivity index (χ0v) is 27.1. The highest BCUT2D eigenvalue weighted by molar-refractivity contribution is 6.30. The van der Waals surface area contributed by atoms with Crippen LogP contribution in [0.1, 0.15) is 64.0 Å². The van der Waals surface area contributed by atoms with E-state index in [1.54, 1.807) is 6.08 Å². The van der Waals surface area contributed by atoms with Crippen LogP contribution in [-0.2, 0) is 13.1 Å². The summed E-state index contributed by atoms with van der Waals surface area (Å²) in [5, 5.41) is 3.97. The van der Waals surface area contributed by atoms with Crippen molar-refractivity contribution in [3.05, 3.63) is 95.6 Å². The average Bonchev–Trinajstić information content (AvgIpc) is 3.36. The Labute approximate surface area is 260 Å². The first-order valence-electron chi connectivity index (χ1n) is 15.8. The number of carbonyl (C=O) groups excluding carboxylic acids is 1. The van der Waals surface area contributed by atoms with Gasteiger partial charge in [-0.25, -0.2) is 4.79 Å². The van der Waals surface area contributed by atoms with E-state index in [-0.39, 0.29) is 6.03 Å². The summed E-state index contributed by atoms with van der Waals surface area (Å²) in [6, 6.07) is 19.5. The molecule has 1 aliphatic carbocycles. The van der Waals surface area contributed by atoms with Crippen LogP contribution in [-0.4, -0.2) is 66.0 Å². The van der Waals surface area contributed by atoms with Crippen molar-refractivity contribution in [1.29, 1.82) is 0 Å². The van der Waals surface area contributed by atoms with Crippen molar-refractivity contribution in [2.75, 3.05) is 33.2 Å². The lowest BCUT2D eigenvalue weighted by Crippen LogP contribution is -2.51. The third-order valence-electron chi connectivity index (χ3n) is 8.80. The van der Waals surface area contributed by atoms with Gasteiger partial charge in [-0.1, -0.05) is 92.7 Å². The Kier molecular flexibility index (Phi) is 14.6. The molecule has 0 aromatic heterocycles. The Bertz CT molecular complexity index is 1100. The monoisotopic (exact) mass is 592 g/mol. The summed E-state index contributed by atoms with van der Waals surface area (Å²) < 4.78 is 0. The second-order valence-electron chi connectivity index (χ2n) is 12.0. The molecule has 230 valence electrons. The van der Waals surface area contributed by atoms with Crippen molar-refractivity contribution in [2.24, 2.45) is 11.8 Å².